The van der Waals surface area contributed by atoms with Gasteiger partial charge in [0.2, 0.25) is 11.9 Å². The van der Waals surface area contributed by atoms with Crippen LogP contribution in [0.25, 0.3) is 0 Å². The Balaban J connectivity index is 2.54. The summed E-state index contributed by atoms with van der Waals surface area (Å²) >= 11 is 5.92. The van der Waals surface area contributed by atoms with Crippen molar-refractivity contribution < 1.29 is 4.79 Å². The van der Waals surface area contributed by atoms with Crippen LogP contribution in [0.3, 0.4) is 0 Å². The Hall–Kier alpha value is -1.56. The van der Waals surface area contributed by atoms with E-state index in [1.807, 2.05) is 0 Å². The normalized spacial score (nSPS) is 9.88. The van der Waals surface area contributed by atoms with Crippen LogP contribution in [-0.4, -0.2) is 48.5 Å². The number of carbonyl (C=O) groups is 1. The highest BCUT2D eigenvalue weighted by Gasteiger charge is 2.06. The molecule has 0 saturated heterocycles. The number of nitrogens with zero attached hydrogens (tertiary/aromatic N) is 3. The lowest BCUT2D eigenvalue weighted by Gasteiger charge is -2.11. The van der Waals surface area contributed by atoms with Gasteiger partial charge in [-0.05, 0) is 0 Å². The highest BCUT2D eigenvalue weighted by Crippen LogP contribution is 2.18. The fraction of sp³-hybridized carbons (Fsp3) is 0.500. The van der Waals surface area contributed by atoms with Gasteiger partial charge in [-0.15, -0.1) is 0 Å². The Morgan fingerprint density at radius 3 is 2.82 bits per heavy atom. The third-order valence-corrected chi connectivity index (χ3v) is 2.37. The molecule has 0 aromatic carbocycles. The molecule has 6 nitrogen and oxygen atoms in total. The molecule has 2 N–H and O–H groups in total. The van der Waals surface area contributed by atoms with Crippen LogP contribution in [0.1, 0.15) is 6.42 Å². The molecule has 0 spiro atoms. The summed E-state index contributed by atoms with van der Waals surface area (Å²) in [5.74, 6) is 1.06. The van der Waals surface area contributed by atoms with Gasteiger partial charge in [0.1, 0.15) is 10.8 Å². The number of amides is 1. The number of carbonyl (C=O) groups excluding carboxylic acids is 1. The molecule has 7 heteroatoms. The van der Waals surface area contributed by atoms with Crippen LogP contribution in [0.15, 0.2) is 6.20 Å². The minimum atomic E-state index is 0.0523. The largest absolute Gasteiger partial charge is 0.368 e. The van der Waals surface area contributed by atoms with Gasteiger partial charge in [-0.1, -0.05) is 11.6 Å². The van der Waals surface area contributed by atoms with Gasteiger partial charge >= 0.3 is 0 Å². The Labute approximate surface area is 105 Å². The van der Waals surface area contributed by atoms with Crippen molar-refractivity contribution in [2.75, 3.05) is 38.3 Å². The van der Waals surface area contributed by atoms with Crippen LogP contribution in [0.2, 0.25) is 5.02 Å². The molecule has 0 aliphatic heterocycles. The molecular formula is C10H16ClN5O. The SMILES string of the molecule is CNc1ncc(Cl)c(NCCC(=O)N(C)C)n1. The maximum absolute atomic E-state index is 11.3. The van der Waals surface area contributed by atoms with Crippen LogP contribution in [-0.2, 0) is 4.79 Å². The molecule has 1 amide bonds. The first kappa shape index (κ1) is 13.5. The molecule has 0 aliphatic carbocycles. The highest BCUT2D eigenvalue weighted by atomic mass is 35.5. The van der Waals surface area contributed by atoms with E-state index in [0.29, 0.717) is 29.8 Å². The average Bonchev–Trinajstić information content (AvgIpc) is 2.31. The monoisotopic (exact) mass is 257 g/mol. The number of halogens is 1. The Kier molecular flexibility index (Phi) is 4.96. The van der Waals surface area contributed by atoms with E-state index >= 15 is 0 Å². The molecule has 1 rings (SSSR count). The van der Waals surface area contributed by atoms with Gasteiger partial charge in [-0.3, -0.25) is 4.79 Å². The molecule has 17 heavy (non-hydrogen) atoms. The molecular weight excluding hydrogens is 242 g/mol. The van der Waals surface area contributed by atoms with E-state index in [-0.39, 0.29) is 5.91 Å². The fourth-order valence-corrected chi connectivity index (χ4v) is 1.28. The predicted octanol–water partition coefficient (Wildman–Crippen LogP) is 1.06. The Morgan fingerprint density at radius 2 is 2.24 bits per heavy atom. The van der Waals surface area contributed by atoms with E-state index < -0.39 is 0 Å². The molecule has 1 heterocycles. The standard InChI is InChI=1S/C10H16ClN5O/c1-12-10-14-6-7(11)9(15-10)13-5-4-8(17)16(2)3/h6H,4-5H2,1-3H3,(H2,12,13,14,15). The average molecular weight is 258 g/mol. The minimum absolute atomic E-state index is 0.0523. The van der Waals surface area contributed by atoms with Crippen LogP contribution in [0.4, 0.5) is 11.8 Å². The lowest BCUT2D eigenvalue weighted by molar-refractivity contribution is -0.128. The van der Waals surface area contributed by atoms with Gasteiger partial charge in [0, 0.05) is 34.1 Å². The zero-order valence-electron chi connectivity index (χ0n) is 10.1. The summed E-state index contributed by atoms with van der Waals surface area (Å²) in [5.41, 5.74) is 0. The lowest BCUT2D eigenvalue weighted by atomic mass is 10.4. The zero-order valence-corrected chi connectivity index (χ0v) is 10.9. The van der Waals surface area contributed by atoms with Crippen molar-refractivity contribution in [1.82, 2.24) is 14.9 Å². The van der Waals surface area contributed by atoms with E-state index in [1.54, 1.807) is 26.0 Å². The van der Waals surface area contributed by atoms with Crippen molar-refractivity contribution in [2.45, 2.75) is 6.42 Å². The number of hydrogen-bond donors (Lipinski definition) is 2. The second kappa shape index (κ2) is 6.24. The minimum Gasteiger partial charge on any atom is -0.368 e. The van der Waals surface area contributed by atoms with Crippen LogP contribution in [0, 0.1) is 0 Å². The fourth-order valence-electron chi connectivity index (χ4n) is 1.12. The summed E-state index contributed by atoms with van der Waals surface area (Å²) in [7, 11) is 5.17. The number of aromatic nitrogens is 2. The molecule has 0 aliphatic rings. The molecule has 0 unspecified atom stereocenters. The molecule has 1 aromatic heterocycles. The molecule has 0 bridgehead atoms. The van der Waals surface area contributed by atoms with Gasteiger partial charge in [0.05, 0.1) is 6.20 Å². The summed E-state index contributed by atoms with van der Waals surface area (Å²) < 4.78 is 0. The summed E-state index contributed by atoms with van der Waals surface area (Å²) in [6, 6.07) is 0. The van der Waals surface area contributed by atoms with Crippen molar-refractivity contribution >= 4 is 29.3 Å². The van der Waals surface area contributed by atoms with Crippen molar-refractivity contribution in [3.8, 4) is 0 Å². The van der Waals surface area contributed by atoms with Gasteiger partial charge in [0.25, 0.3) is 0 Å². The van der Waals surface area contributed by atoms with Crippen LogP contribution < -0.4 is 10.6 Å². The van der Waals surface area contributed by atoms with E-state index in [0.717, 1.165) is 0 Å². The topological polar surface area (TPSA) is 70.2 Å². The lowest BCUT2D eigenvalue weighted by Crippen LogP contribution is -2.24. The first-order chi connectivity index (χ1) is 8.04. The summed E-state index contributed by atoms with van der Waals surface area (Å²) in [4.78, 5) is 21.0. The predicted molar refractivity (Wildman–Crippen MR) is 68.4 cm³/mol. The summed E-state index contributed by atoms with van der Waals surface area (Å²) in [6.07, 6.45) is 1.90. The Bertz CT molecular complexity index is 396. The summed E-state index contributed by atoms with van der Waals surface area (Å²) in [5, 5.41) is 6.25. The van der Waals surface area contributed by atoms with Crippen LogP contribution >= 0.6 is 11.6 Å². The molecule has 0 radical (unpaired) electrons. The quantitative estimate of drug-likeness (QED) is 0.826. The molecule has 1 aromatic rings. The van der Waals surface area contributed by atoms with Gasteiger partial charge < -0.3 is 15.5 Å². The first-order valence-corrected chi connectivity index (χ1v) is 5.56. The van der Waals surface area contributed by atoms with Crippen molar-refractivity contribution in [3.63, 3.8) is 0 Å². The van der Waals surface area contributed by atoms with E-state index in [1.165, 1.54) is 6.20 Å². The van der Waals surface area contributed by atoms with Crippen molar-refractivity contribution in [2.24, 2.45) is 0 Å². The third-order valence-electron chi connectivity index (χ3n) is 2.10. The van der Waals surface area contributed by atoms with Gasteiger partial charge in [-0.2, -0.15) is 4.98 Å². The van der Waals surface area contributed by atoms with Crippen LogP contribution in [0.5, 0.6) is 0 Å². The second-order valence-corrected chi connectivity index (χ2v) is 4.01. The number of anilines is 2. The van der Waals surface area contributed by atoms with Crippen molar-refractivity contribution in [3.05, 3.63) is 11.2 Å². The highest BCUT2D eigenvalue weighted by molar-refractivity contribution is 6.32. The number of nitrogens with one attached hydrogen (secondary N) is 2. The molecule has 94 valence electrons. The van der Waals surface area contributed by atoms with Crippen molar-refractivity contribution in [1.29, 1.82) is 0 Å². The smallest absolute Gasteiger partial charge is 0.224 e. The van der Waals surface area contributed by atoms with E-state index in [9.17, 15) is 4.79 Å². The second-order valence-electron chi connectivity index (χ2n) is 3.61. The molecule has 0 saturated carbocycles. The van der Waals surface area contributed by atoms with E-state index in [4.69, 9.17) is 11.6 Å². The number of hydrogen-bond acceptors (Lipinski definition) is 5. The molecule has 0 fully saturated rings. The van der Waals surface area contributed by atoms with E-state index in [2.05, 4.69) is 20.6 Å². The van der Waals surface area contributed by atoms with Gasteiger partial charge in [0.15, 0.2) is 0 Å². The molecule has 0 atom stereocenters. The first-order valence-electron chi connectivity index (χ1n) is 5.19. The zero-order chi connectivity index (χ0) is 12.8. The third kappa shape index (κ3) is 4.07. The Morgan fingerprint density at radius 1 is 1.53 bits per heavy atom. The maximum atomic E-state index is 11.3. The maximum Gasteiger partial charge on any atom is 0.224 e. The van der Waals surface area contributed by atoms with Gasteiger partial charge in [-0.25, -0.2) is 4.98 Å². The summed E-state index contributed by atoms with van der Waals surface area (Å²) in [6.45, 7) is 0.483. The number of rotatable bonds is 5.